The number of hydrogen-bond donors (Lipinski definition) is 1. The summed E-state index contributed by atoms with van der Waals surface area (Å²) in [5, 5.41) is 0. The van der Waals surface area contributed by atoms with Crippen LogP contribution in [0.2, 0.25) is 0 Å². The molecule has 0 aliphatic heterocycles. The highest BCUT2D eigenvalue weighted by atomic mass is 79.9. The highest BCUT2D eigenvalue weighted by Gasteiger charge is 2.10. The Labute approximate surface area is 111 Å². The van der Waals surface area contributed by atoms with Gasteiger partial charge in [0, 0.05) is 11.0 Å². The Kier molecular flexibility index (Phi) is 6.73. The number of hydrogen-bond acceptors (Lipinski definition) is 3. The fraction of sp³-hybridized carbons (Fsp3) is 0.538. The first kappa shape index (κ1) is 14.6. The molecule has 1 rings (SSSR count). The van der Waals surface area contributed by atoms with Crippen molar-refractivity contribution in [3.05, 3.63) is 34.3 Å². The van der Waals surface area contributed by atoms with Crippen LogP contribution in [0.1, 0.15) is 25.5 Å². The molecule has 4 heteroatoms. The predicted molar refractivity (Wildman–Crippen MR) is 73.0 cm³/mol. The van der Waals surface area contributed by atoms with E-state index in [1.165, 1.54) is 0 Å². The molecule has 1 aromatic rings. The maximum Gasteiger partial charge on any atom is 0.0948 e. The molecule has 0 amide bonds. The van der Waals surface area contributed by atoms with Gasteiger partial charge in [0.2, 0.25) is 0 Å². The molecular formula is C13H20BrNO2. The zero-order chi connectivity index (χ0) is 12.7. The maximum absolute atomic E-state index is 5.72. The van der Waals surface area contributed by atoms with E-state index in [9.17, 15) is 0 Å². The van der Waals surface area contributed by atoms with Gasteiger partial charge in [-0.25, -0.2) is 0 Å². The fourth-order valence-corrected chi connectivity index (χ4v) is 1.90. The molecular weight excluding hydrogens is 282 g/mol. The van der Waals surface area contributed by atoms with E-state index in [-0.39, 0.29) is 12.2 Å². The summed E-state index contributed by atoms with van der Waals surface area (Å²) < 4.78 is 12.2. The van der Waals surface area contributed by atoms with Crippen LogP contribution in [0.3, 0.4) is 0 Å². The van der Waals surface area contributed by atoms with Crippen LogP contribution in [0.4, 0.5) is 0 Å². The van der Waals surface area contributed by atoms with Gasteiger partial charge in [-0.15, -0.1) is 0 Å². The Bertz CT molecular complexity index is 331. The summed E-state index contributed by atoms with van der Waals surface area (Å²) >= 11 is 3.44. The van der Waals surface area contributed by atoms with E-state index >= 15 is 0 Å². The third-order valence-corrected chi connectivity index (χ3v) is 2.78. The van der Waals surface area contributed by atoms with Gasteiger partial charge in [-0.3, -0.25) is 0 Å². The standard InChI is InChI=1S/C13H20BrNO2/c1-10(2)16-6-7-17-13(9-15)11-4-3-5-12(14)8-11/h3-5,8,10,13H,6-7,9,15H2,1-2H3. The van der Waals surface area contributed by atoms with Crippen molar-refractivity contribution in [1.29, 1.82) is 0 Å². The molecule has 0 heterocycles. The topological polar surface area (TPSA) is 44.5 Å². The molecule has 0 radical (unpaired) electrons. The summed E-state index contributed by atoms with van der Waals surface area (Å²) in [5.41, 5.74) is 6.81. The van der Waals surface area contributed by atoms with Gasteiger partial charge in [0.1, 0.15) is 0 Å². The van der Waals surface area contributed by atoms with Crippen LogP contribution in [0.25, 0.3) is 0 Å². The second-order valence-electron chi connectivity index (χ2n) is 4.07. The van der Waals surface area contributed by atoms with Gasteiger partial charge in [-0.2, -0.15) is 0 Å². The molecule has 0 saturated heterocycles. The van der Waals surface area contributed by atoms with E-state index in [1.807, 2.05) is 38.1 Å². The zero-order valence-corrected chi connectivity index (χ0v) is 11.9. The van der Waals surface area contributed by atoms with E-state index in [0.29, 0.717) is 19.8 Å². The van der Waals surface area contributed by atoms with Crippen LogP contribution >= 0.6 is 15.9 Å². The number of halogens is 1. The van der Waals surface area contributed by atoms with E-state index < -0.39 is 0 Å². The third-order valence-electron chi connectivity index (χ3n) is 2.29. The van der Waals surface area contributed by atoms with Gasteiger partial charge in [0.25, 0.3) is 0 Å². The van der Waals surface area contributed by atoms with Crippen LogP contribution < -0.4 is 5.73 Å². The van der Waals surface area contributed by atoms with Gasteiger partial charge in [-0.05, 0) is 31.5 Å². The molecule has 3 nitrogen and oxygen atoms in total. The van der Waals surface area contributed by atoms with E-state index in [0.717, 1.165) is 10.0 Å². The summed E-state index contributed by atoms with van der Waals surface area (Å²) in [6.45, 7) is 5.65. The monoisotopic (exact) mass is 301 g/mol. The summed E-state index contributed by atoms with van der Waals surface area (Å²) in [6, 6.07) is 8.02. The van der Waals surface area contributed by atoms with Crippen molar-refractivity contribution in [3.63, 3.8) is 0 Å². The first-order valence-corrected chi connectivity index (χ1v) is 6.61. The number of ether oxygens (including phenoxy) is 2. The minimum atomic E-state index is -0.0664. The zero-order valence-electron chi connectivity index (χ0n) is 10.4. The number of nitrogens with two attached hydrogens (primary N) is 1. The molecule has 0 fully saturated rings. The smallest absolute Gasteiger partial charge is 0.0948 e. The molecule has 96 valence electrons. The van der Waals surface area contributed by atoms with Crippen molar-refractivity contribution >= 4 is 15.9 Å². The number of benzene rings is 1. The van der Waals surface area contributed by atoms with Crippen LogP contribution in [-0.4, -0.2) is 25.9 Å². The van der Waals surface area contributed by atoms with Crippen LogP contribution in [0.5, 0.6) is 0 Å². The normalized spacial score (nSPS) is 13.0. The molecule has 0 saturated carbocycles. The Morgan fingerprint density at radius 1 is 1.24 bits per heavy atom. The molecule has 0 aromatic heterocycles. The Morgan fingerprint density at radius 3 is 2.53 bits per heavy atom. The summed E-state index contributed by atoms with van der Waals surface area (Å²) in [5.74, 6) is 0. The van der Waals surface area contributed by atoms with Gasteiger partial charge in [-0.1, -0.05) is 28.1 Å². The summed E-state index contributed by atoms with van der Waals surface area (Å²) in [4.78, 5) is 0. The molecule has 17 heavy (non-hydrogen) atoms. The van der Waals surface area contributed by atoms with E-state index in [2.05, 4.69) is 15.9 Å². The van der Waals surface area contributed by atoms with Crippen LogP contribution in [-0.2, 0) is 9.47 Å². The minimum absolute atomic E-state index is 0.0664. The van der Waals surface area contributed by atoms with Gasteiger partial charge < -0.3 is 15.2 Å². The fourth-order valence-electron chi connectivity index (χ4n) is 1.48. The average Bonchev–Trinajstić information content (AvgIpc) is 2.29. The van der Waals surface area contributed by atoms with Crippen molar-refractivity contribution in [2.45, 2.75) is 26.1 Å². The molecule has 1 atom stereocenters. The Hall–Kier alpha value is -0.420. The first-order chi connectivity index (χ1) is 8.13. The van der Waals surface area contributed by atoms with Crippen molar-refractivity contribution in [2.75, 3.05) is 19.8 Å². The lowest BCUT2D eigenvalue weighted by atomic mass is 10.1. The van der Waals surface area contributed by atoms with Gasteiger partial charge in [0.05, 0.1) is 25.4 Å². The number of rotatable bonds is 7. The lowest BCUT2D eigenvalue weighted by Gasteiger charge is -2.17. The maximum atomic E-state index is 5.72. The Balaban J connectivity index is 2.43. The molecule has 0 aliphatic rings. The largest absolute Gasteiger partial charge is 0.376 e. The van der Waals surface area contributed by atoms with Crippen LogP contribution in [0, 0.1) is 0 Å². The molecule has 1 unspecified atom stereocenters. The summed E-state index contributed by atoms with van der Waals surface area (Å²) in [7, 11) is 0. The second-order valence-corrected chi connectivity index (χ2v) is 4.99. The lowest BCUT2D eigenvalue weighted by Crippen LogP contribution is -2.19. The molecule has 1 aromatic carbocycles. The second kappa shape index (κ2) is 7.82. The predicted octanol–water partition coefficient (Wildman–Crippen LogP) is 2.89. The minimum Gasteiger partial charge on any atom is -0.376 e. The third kappa shape index (κ3) is 5.64. The van der Waals surface area contributed by atoms with Crippen molar-refractivity contribution in [3.8, 4) is 0 Å². The molecule has 2 N–H and O–H groups in total. The van der Waals surface area contributed by atoms with Gasteiger partial charge >= 0.3 is 0 Å². The van der Waals surface area contributed by atoms with Crippen molar-refractivity contribution in [2.24, 2.45) is 5.73 Å². The molecule has 0 spiro atoms. The van der Waals surface area contributed by atoms with Gasteiger partial charge in [0.15, 0.2) is 0 Å². The SMILES string of the molecule is CC(C)OCCOC(CN)c1cccc(Br)c1. The first-order valence-electron chi connectivity index (χ1n) is 5.82. The van der Waals surface area contributed by atoms with Crippen molar-refractivity contribution in [1.82, 2.24) is 0 Å². The highest BCUT2D eigenvalue weighted by molar-refractivity contribution is 9.10. The van der Waals surface area contributed by atoms with Crippen molar-refractivity contribution < 1.29 is 9.47 Å². The highest BCUT2D eigenvalue weighted by Crippen LogP contribution is 2.20. The van der Waals surface area contributed by atoms with E-state index in [1.54, 1.807) is 0 Å². The average molecular weight is 302 g/mol. The molecule has 0 bridgehead atoms. The summed E-state index contributed by atoms with van der Waals surface area (Å²) in [6.07, 6.45) is 0.170. The van der Waals surface area contributed by atoms with Crippen LogP contribution in [0.15, 0.2) is 28.7 Å². The van der Waals surface area contributed by atoms with E-state index in [4.69, 9.17) is 15.2 Å². The quantitative estimate of drug-likeness (QED) is 0.788. The lowest BCUT2D eigenvalue weighted by molar-refractivity contribution is -0.0104. The molecule has 0 aliphatic carbocycles. The Morgan fingerprint density at radius 2 is 1.94 bits per heavy atom.